The monoisotopic (exact) mass is 460 g/mol. The summed E-state index contributed by atoms with van der Waals surface area (Å²) in [6, 6.07) is 5.47. The first kappa shape index (κ1) is 22.0. The molecule has 0 bridgehead atoms. The number of rotatable bonds is 6. The quantitative estimate of drug-likeness (QED) is 0.633. The van der Waals surface area contributed by atoms with Crippen LogP contribution in [0.25, 0.3) is 11.3 Å². The maximum absolute atomic E-state index is 14.6. The maximum atomic E-state index is 14.6. The van der Waals surface area contributed by atoms with Crippen molar-refractivity contribution in [1.29, 1.82) is 0 Å². The molecule has 2 aromatic rings. The number of carbonyl (C=O) groups excluding carboxylic acids is 1. The number of aliphatic hydroxyl groups excluding tert-OH is 1. The Kier molecular flexibility index (Phi) is 4.88. The maximum Gasteiger partial charge on any atom is 0.293 e. The van der Waals surface area contributed by atoms with E-state index in [4.69, 9.17) is 9.47 Å². The molecule has 33 heavy (non-hydrogen) atoms. The molecule has 0 amide bonds. The van der Waals surface area contributed by atoms with Gasteiger partial charge in [0.25, 0.3) is 12.4 Å². The van der Waals surface area contributed by atoms with Gasteiger partial charge in [-0.2, -0.15) is 8.78 Å². The van der Waals surface area contributed by atoms with Crippen LogP contribution in [0.1, 0.15) is 37.1 Å². The zero-order valence-electron chi connectivity index (χ0n) is 18.7. The van der Waals surface area contributed by atoms with Crippen molar-refractivity contribution in [1.82, 2.24) is 15.3 Å². The summed E-state index contributed by atoms with van der Waals surface area (Å²) in [5, 5.41) is 12.9. The lowest BCUT2D eigenvalue weighted by molar-refractivity contribution is -0.150. The van der Waals surface area contributed by atoms with Crippen LogP contribution in [0, 0.1) is 0 Å². The topological polar surface area (TPSA) is 96.8 Å². The second kappa shape index (κ2) is 7.33. The number of alkyl halides is 2. The number of hydrogen-bond acceptors (Lipinski definition) is 8. The van der Waals surface area contributed by atoms with Gasteiger partial charge in [-0.3, -0.25) is 4.79 Å². The molecule has 1 fully saturated rings. The van der Waals surface area contributed by atoms with Crippen molar-refractivity contribution < 1.29 is 28.2 Å². The Morgan fingerprint density at radius 1 is 1.33 bits per heavy atom. The smallest absolute Gasteiger partial charge is 0.293 e. The molecule has 8 nitrogen and oxygen atoms in total. The van der Waals surface area contributed by atoms with Gasteiger partial charge in [0.05, 0.1) is 11.8 Å². The summed E-state index contributed by atoms with van der Waals surface area (Å²) < 4.78 is 40.6. The van der Waals surface area contributed by atoms with E-state index >= 15 is 0 Å². The molecule has 10 heteroatoms. The summed E-state index contributed by atoms with van der Waals surface area (Å²) in [5.41, 5.74) is 0.422. The summed E-state index contributed by atoms with van der Waals surface area (Å²) in [4.78, 5) is 21.6. The zero-order valence-corrected chi connectivity index (χ0v) is 18.7. The number of nitrogens with zero attached hydrogens (tertiary/aromatic N) is 3. The summed E-state index contributed by atoms with van der Waals surface area (Å²) in [5.74, 6) is -2.25. The molecule has 0 radical (unpaired) electrons. The van der Waals surface area contributed by atoms with Gasteiger partial charge in [-0.1, -0.05) is 12.1 Å². The highest BCUT2D eigenvalue weighted by Gasteiger charge is 2.53. The number of aromatic nitrogens is 2. The van der Waals surface area contributed by atoms with Crippen molar-refractivity contribution in [2.45, 2.75) is 49.9 Å². The Morgan fingerprint density at radius 3 is 2.76 bits per heavy atom. The number of ether oxygens (including phenoxy) is 2. The second-order valence-electron chi connectivity index (χ2n) is 9.34. The minimum Gasteiger partial charge on any atom is -0.491 e. The van der Waals surface area contributed by atoms with E-state index in [1.807, 2.05) is 12.1 Å². The second-order valence-corrected chi connectivity index (χ2v) is 9.34. The van der Waals surface area contributed by atoms with Gasteiger partial charge in [-0.25, -0.2) is 9.97 Å². The first-order valence-electron chi connectivity index (χ1n) is 10.9. The van der Waals surface area contributed by atoms with Crippen LogP contribution in [0.4, 0.5) is 14.7 Å². The fourth-order valence-electron chi connectivity index (χ4n) is 5.04. The lowest BCUT2D eigenvalue weighted by Gasteiger charge is -2.41. The summed E-state index contributed by atoms with van der Waals surface area (Å²) in [7, 11) is 1.77. The third kappa shape index (κ3) is 3.18. The summed E-state index contributed by atoms with van der Waals surface area (Å²) >= 11 is 0. The molecule has 3 heterocycles. The number of aliphatic hydroxyl groups is 1. The van der Waals surface area contributed by atoms with Crippen LogP contribution in [-0.4, -0.2) is 60.0 Å². The lowest BCUT2D eigenvalue weighted by Crippen LogP contribution is -2.58. The highest BCUT2D eigenvalue weighted by Crippen LogP contribution is 2.48. The molecule has 1 saturated heterocycles. The van der Waals surface area contributed by atoms with Crippen LogP contribution in [-0.2, 0) is 27.4 Å². The Labute approximate surface area is 189 Å². The average molecular weight is 460 g/mol. The third-order valence-corrected chi connectivity index (χ3v) is 7.13. The van der Waals surface area contributed by atoms with Crippen LogP contribution in [0.5, 0.6) is 5.75 Å². The molecule has 1 aliphatic carbocycles. The SMILES string of the molecule is CNC1(C(C)(C)OC=O)COc2cc(-c3nc(N4CC(O)C4)nc4c3CCC4(F)F)ccc21. The number of β-amino-alcohol motifs (C(OH)–C–C–N with tert-alkyl or cyclic N) is 1. The van der Waals surface area contributed by atoms with Crippen LogP contribution < -0.4 is 15.0 Å². The van der Waals surface area contributed by atoms with Gasteiger partial charge >= 0.3 is 0 Å². The van der Waals surface area contributed by atoms with Crippen molar-refractivity contribution in [2.75, 3.05) is 31.6 Å². The molecular weight excluding hydrogens is 434 g/mol. The molecule has 5 rings (SSSR count). The van der Waals surface area contributed by atoms with Gasteiger partial charge in [0.15, 0.2) is 0 Å². The van der Waals surface area contributed by atoms with Crippen molar-refractivity contribution in [2.24, 2.45) is 0 Å². The fourth-order valence-corrected chi connectivity index (χ4v) is 5.04. The zero-order chi connectivity index (χ0) is 23.6. The van der Waals surface area contributed by atoms with Crippen molar-refractivity contribution in [3.05, 3.63) is 35.0 Å². The van der Waals surface area contributed by atoms with Gasteiger partial charge in [0, 0.05) is 36.2 Å². The number of anilines is 1. The highest BCUT2D eigenvalue weighted by atomic mass is 19.3. The summed E-state index contributed by atoms with van der Waals surface area (Å²) in [6.45, 7) is 4.89. The van der Waals surface area contributed by atoms with Gasteiger partial charge < -0.3 is 24.8 Å². The first-order chi connectivity index (χ1) is 15.6. The lowest BCUT2D eigenvalue weighted by atomic mass is 9.77. The normalized spacial score (nSPS) is 23.5. The number of halogens is 2. The average Bonchev–Trinajstić information content (AvgIpc) is 3.28. The molecule has 0 saturated carbocycles. The predicted molar refractivity (Wildman–Crippen MR) is 115 cm³/mol. The minimum absolute atomic E-state index is 0.180. The van der Waals surface area contributed by atoms with Gasteiger partial charge in [0.1, 0.15) is 29.2 Å². The van der Waals surface area contributed by atoms with Gasteiger partial charge in [0.2, 0.25) is 5.95 Å². The minimum atomic E-state index is -3.02. The highest BCUT2D eigenvalue weighted by molar-refractivity contribution is 5.70. The van der Waals surface area contributed by atoms with E-state index in [1.54, 1.807) is 31.9 Å². The molecule has 1 aromatic heterocycles. The molecule has 1 unspecified atom stereocenters. The van der Waals surface area contributed by atoms with E-state index < -0.39 is 23.2 Å². The van der Waals surface area contributed by atoms with E-state index in [1.165, 1.54) is 0 Å². The number of carbonyl (C=O) groups is 1. The summed E-state index contributed by atoms with van der Waals surface area (Å²) in [6.07, 6.45) is -0.637. The van der Waals surface area contributed by atoms with E-state index in [0.29, 0.717) is 42.1 Å². The molecular formula is C23H26F2N4O4. The molecule has 2 aliphatic heterocycles. The van der Waals surface area contributed by atoms with Gasteiger partial charge in [-0.15, -0.1) is 0 Å². The number of nitrogens with one attached hydrogen (secondary N) is 1. The van der Waals surface area contributed by atoms with E-state index in [0.717, 1.165) is 5.56 Å². The number of hydrogen-bond donors (Lipinski definition) is 2. The number of benzene rings is 1. The Hall–Kier alpha value is -2.85. The standard InChI is InChI=1S/C23H26F2N4O4/c1-21(2,33-12-30)22(26-3)11-32-17-8-13(4-5-16(17)22)18-15-6-7-23(24,25)19(15)28-20(27-18)29-9-14(31)10-29/h4-5,8,12,14,26,31H,6-7,9-11H2,1-3H3. The third-order valence-electron chi connectivity index (χ3n) is 7.13. The predicted octanol–water partition coefficient (Wildman–Crippen LogP) is 2.12. The Balaban J connectivity index is 1.60. The largest absolute Gasteiger partial charge is 0.491 e. The Bertz CT molecular complexity index is 1120. The van der Waals surface area contributed by atoms with Crippen molar-refractivity contribution in [3.63, 3.8) is 0 Å². The number of likely N-dealkylation sites (N-methyl/N-ethyl adjacent to an activating group) is 1. The van der Waals surface area contributed by atoms with Crippen LogP contribution in [0.2, 0.25) is 0 Å². The van der Waals surface area contributed by atoms with Crippen LogP contribution in [0.15, 0.2) is 18.2 Å². The molecule has 1 aromatic carbocycles. The van der Waals surface area contributed by atoms with Crippen LogP contribution >= 0.6 is 0 Å². The molecule has 0 spiro atoms. The van der Waals surface area contributed by atoms with Crippen molar-refractivity contribution in [3.8, 4) is 17.0 Å². The molecule has 2 N–H and O–H groups in total. The van der Waals surface area contributed by atoms with Crippen molar-refractivity contribution >= 4 is 12.4 Å². The number of fused-ring (bicyclic) bond motifs is 2. The van der Waals surface area contributed by atoms with E-state index in [2.05, 4.69) is 15.3 Å². The Morgan fingerprint density at radius 2 is 2.09 bits per heavy atom. The fraction of sp³-hybridized carbons (Fsp3) is 0.522. The van der Waals surface area contributed by atoms with E-state index in [9.17, 15) is 18.7 Å². The van der Waals surface area contributed by atoms with Gasteiger partial charge in [-0.05, 0) is 33.4 Å². The first-order valence-corrected chi connectivity index (χ1v) is 10.9. The van der Waals surface area contributed by atoms with Crippen LogP contribution in [0.3, 0.4) is 0 Å². The molecule has 3 aliphatic rings. The molecule has 1 atom stereocenters. The van der Waals surface area contributed by atoms with E-state index in [-0.39, 0.29) is 31.1 Å². The molecule has 176 valence electrons.